The van der Waals surface area contributed by atoms with Crippen LogP contribution in [0.5, 0.6) is 5.75 Å². The number of aryl methyl sites for hydroxylation is 1. The van der Waals surface area contributed by atoms with Gasteiger partial charge < -0.3 is 15.4 Å². The Hall–Kier alpha value is -1.71. The van der Waals surface area contributed by atoms with Crippen LogP contribution in [0.1, 0.15) is 5.69 Å². The Kier molecular flexibility index (Phi) is 1.24. The molecule has 0 amide bonds. The number of hydrogen-bond donors (Lipinski definition) is 2. The van der Waals surface area contributed by atoms with Gasteiger partial charge in [0.1, 0.15) is 5.75 Å². The lowest BCUT2D eigenvalue weighted by molar-refractivity contribution is 0.449. The van der Waals surface area contributed by atoms with Crippen LogP contribution in [0.4, 0.5) is 5.69 Å². The molecule has 1 aromatic carbocycles. The van der Waals surface area contributed by atoms with E-state index in [0.29, 0.717) is 22.4 Å². The van der Waals surface area contributed by atoms with Gasteiger partial charge in [0, 0.05) is 0 Å². The Morgan fingerprint density at radius 1 is 1.50 bits per heavy atom. The minimum Gasteiger partial charge on any atom is -0.506 e. The number of aromatic nitrogens is 1. The molecule has 1 heterocycles. The molecule has 2 aromatic rings. The molecular weight excluding hydrogens is 156 g/mol. The van der Waals surface area contributed by atoms with E-state index in [1.165, 1.54) is 6.07 Å². The second-order valence-corrected chi connectivity index (χ2v) is 2.64. The van der Waals surface area contributed by atoms with Crippen molar-refractivity contribution in [3.63, 3.8) is 0 Å². The van der Waals surface area contributed by atoms with Gasteiger partial charge >= 0.3 is 0 Å². The fraction of sp³-hybridized carbons (Fsp3) is 0.125. The highest BCUT2D eigenvalue weighted by Crippen LogP contribution is 2.31. The second kappa shape index (κ2) is 2.14. The fourth-order valence-electron chi connectivity index (χ4n) is 1.20. The maximum atomic E-state index is 9.27. The summed E-state index contributed by atoms with van der Waals surface area (Å²) in [5.74, 6) is 0.0637. The zero-order valence-corrected chi connectivity index (χ0v) is 6.53. The molecule has 0 radical (unpaired) electrons. The summed E-state index contributed by atoms with van der Waals surface area (Å²) in [7, 11) is 0. The molecule has 0 unspecified atom stereocenters. The Morgan fingerprint density at radius 2 is 2.25 bits per heavy atom. The van der Waals surface area contributed by atoms with E-state index in [2.05, 4.69) is 5.16 Å². The van der Waals surface area contributed by atoms with E-state index in [1.807, 2.05) is 0 Å². The van der Waals surface area contributed by atoms with Crippen LogP contribution < -0.4 is 5.73 Å². The third-order valence-corrected chi connectivity index (χ3v) is 1.83. The average Bonchev–Trinajstić information content (AvgIpc) is 2.41. The van der Waals surface area contributed by atoms with Crippen LogP contribution in [-0.2, 0) is 0 Å². The number of hydrogen-bond acceptors (Lipinski definition) is 4. The summed E-state index contributed by atoms with van der Waals surface area (Å²) < 4.78 is 4.94. The summed E-state index contributed by atoms with van der Waals surface area (Å²) in [5.41, 5.74) is 7.23. The molecule has 4 nitrogen and oxygen atoms in total. The number of nitrogens with two attached hydrogens (primary N) is 1. The first-order chi connectivity index (χ1) is 5.70. The predicted octanol–water partition coefficient (Wildman–Crippen LogP) is 1.42. The molecule has 0 saturated carbocycles. The van der Waals surface area contributed by atoms with Crippen LogP contribution in [0.15, 0.2) is 16.7 Å². The lowest BCUT2D eigenvalue weighted by atomic mass is 10.2. The summed E-state index contributed by atoms with van der Waals surface area (Å²) in [6, 6.07) is 3.13. The first kappa shape index (κ1) is 6.97. The number of nitrogen functional groups attached to an aromatic ring is 1. The highest BCUT2D eigenvalue weighted by Gasteiger charge is 2.09. The van der Waals surface area contributed by atoms with Crippen molar-refractivity contribution in [2.45, 2.75) is 6.92 Å². The number of nitrogens with zero attached hydrogens (tertiary/aromatic N) is 1. The number of phenolic OH excluding ortho intramolecular Hbond substituents is 1. The van der Waals surface area contributed by atoms with Crippen molar-refractivity contribution in [3.8, 4) is 5.75 Å². The predicted molar refractivity (Wildman–Crippen MR) is 44.8 cm³/mol. The van der Waals surface area contributed by atoms with Gasteiger partial charge in [0.15, 0.2) is 5.58 Å². The molecular formula is C8H8N2O2. The highest BCUT2D eigenvalue weighted by molar-refractivity contribution is 5.94. The van der Waals surface area contributed by atoms with Crippen molar-refractivity contribution in [2.24, 2.45) is 0 Å². The summed E-state index contributed by atoms with van der Waals surface area (Å²) in [6.07, 6.45) is 0. The molecule has 0 bridgehead atoms. The molecule has 4 heteroatoms. The largest absolute Gasteiger partial charge is 0.506 e. The van der Waals surface area contributed by atoms with Crippen LogP contribution in [0.2, 0.25) is 0 Å². The van der Waals surface area contributed by atoms with Crippen molar-refractivity contribution >= 4 is 16.7 Å². The van der Waals surface area contributed by atoms with Gasteiger partial charge in [-0.3, -0.25) is 0 Å². The topological polar surface area (TPSA) is 72.3 Å². The van der Waals surface area contributed by atoms with E-state index >= 15 is 0 Å². The Labute approximate surface area is 68.6 Å². The summed E-state index contributed by atoms with van der Waals surface area (Å²) >= 11 is 0. The Balaban J connectivity index is 2.96. The Morgan fingerprint density at radius 3 is 3.00 bits per heavy atom. The van der Waals surface area contributed by atoms with Gasteiger partial charge in [-0.05, 0) is 19.1 Å². The molecule has 0 atom stereocenters. The van der Waals surface area contributed by atoms with Gasteiger partial charge in [-0.15, -0.1) is 0 Å². The Bertz CT molecular complexity index is 434. The molecule has 0 aliphatic rings. The third-order valence-electron chi connectivity index (χ3n) is 1.83. The minimum absolute atomic E-state index is 0.0637. The van der Waals surface area contributed by atoms with Crippen LogP contribution in [-0.4, -0.2) is 10.3 Å². The highest BCUT2D eigenvalue weighted by atomic mass is 16.5. The number of fused-ring (bicyclic) bond motifs is 1. The zero-order chi connectivity index (χ0) is 8.72. The first-order valence-corrected chi connectivity index (χ1v) is 3.53. The first-order valence-electron chi connectivity index (χ1n) is 3.53. The quantitative estimate of drug-likeness (QED) is 0.456. The smallest absolute Gasteiger partial charge is 0.169 e. The number of rotatable bonds is 0. The van der Waals surface area contributed by atoms with Crippen molar-refractivity contribution < 1.29 is 9.63 Å². The maximum Gasteiger partial charge on any atom is 0.169 e. The molecule has 0 aliphatic heterocycles. The zero-order valence-electron chi connectivity index (χ0n) is 6.53. The molecule has 0 saturated heterocycles. The minimum atomic E-state index is 0.0637. The van der Waals surface area contributed by atoms with E-state index in [1.54, 1.807) is 13.0 Å². The molecule has 2 rings (SSSR count). The van der Waals surface area contributed by atoms with Crippen molar-refractivity contribution in [2.75, 3.05) is 5.73 Å². The van der Waals surface area contributed by atoms with Gasteiger partial charge in [-0.25, -0.2) is 0 Å². The second-order valence-electron chi connectivity index (χ2n) is 2.64. The van der Waals surface area contributed by atoms with E-state index in [4.69, 9.17) is 10.3 Å². The van der Waals surface area contributed by atoms with Gasteiger partial charge in [0.2, 0.25) is 0 Å². The normalized spacial score (nSPS) is 10.8. The van der Waals surface area contributed by atoms with Crippen LogP contribution in [0.3, 0.4) is 0 Å². The molecule has 3 N–H and O–H groups in total. The van der Waals surface area contributed by atoms with Crippen molar-refractivity contribution in [3.05, 3.63) is 17.8 Å². The van der Waals surface area contributed by atoms with Crippen molar-refractivity contribution in [1.29, 1.82) is 0 Å². The maximum absolute atomic E-state index is 9.27. The van der Waals surface area contributed by atoms with Crippen molar-refractivity contribution in [1.82, 2.24) is 5.16 Å². The molecule has 0 fully saturated rings. The average molecular weight is 164 g/mol. The lowest BCUT2D eigenvalue weighted by Gasteiger charge is -1.97. The van der Waals surface area contributed by atoms with E-state index in [-0.39, 0.29) is 5.75 Å². The number of benzene rings is 1. The molecule has 62 valence electrons. The SMILES string of the molecule is Cc1noc2ccc(O)c(N)c12. The summed E-state index contributed by atoms with van der Waals surface area (Å²) in [6.45, 7) is 1.78. The van der Waals surface area contributed by atoms with Crippen LogP contribution >= 0.6 is 0 Å². The van der Waals surface area contributed by atoms with Gasteiger partial charge in [-0.1, -0.05) is 5.16 Å². The van der Waals surface area contributed by atoms with E-state index in [9.17, 15) is 5.11 Å². The monoisotopic (exact) mass is 164 g/mol. The van der Waals surface area contributed by atoms with E-state index in [0.717, 1.165) is 0 Å². The number of phenols is 1. The number of anilines is 1. The molecule has 0 spiro atoms. The van der Waals surface area contributed by atoms with Gasteiger partial charge in [0.05, 0.1) is 16.8 Å². The van der Waals surface area contributed by atoms with Crippen LogP contribution in [0.25, 0.3) is 11.0 Å². The third kappa shape index (κ3) is 0.747. The van der Waals surface area contributed by atoms with E-state index < -0.39 is 0 Å². The van der Waals surface area contributed by atoms with Gasteiger partial charge in [-0.2, -0.15) is 0 Å². The lowest BCUT2D eigenvalue weighted by Crippen LogP contribution is -1.87. The van der Waals surface area contributed by atoms with Crippen LogP contribution in [0, 0.1) is 6.92 Å². The molecule has 12 heavy (non-hydrogen) atoms. The molecule has 0 aliphatic carbocycles. The molecule has 1 aromatic heterocycles. The van der Waals surface area contributed by atoms with Gasteiger partial charge in [0.25, 0.3) is 0 Å². The summed E-state index contributed by atoms with van der Waals surface area (Å²) in [4.78, 5) is 0. The summed E-state index contributed by atoms with van der Waals surface area (Å²) in [5, 5.41) is 13.7. The number of aromatic hydroxyl groups is 1. The fourth-order valence-corrected chi connectivity index (χ4v) is 1.20. The standard InChI is InChI=1S/C8H8N2O2/c1-4-7-6(12-10-4)3-2-5(11)8(7)9/h2-3,11H,9H2,1H3.